The average molecular weight is 229 g/mol. The third-order valence-electron chi connectivity index (χ3n) is 3.08. The van der Waals surface area contributed by atoms with Gasteiger partial charge in [0.1, 0.15) is 0 Å². The molecule has 1 saturated carbocycles. The van der Waals surface area contributed by atoms with Crippen molar-refractivity contribution in [2.75, 3.05) is 0 Å². The minimum Gasteiger partial charge on any atom is -0.343 e. The molecule has 2 aromatic rings. The van der Waals surface area contributed by atoms with Gasteiger partial charge in [0.05, 0.1) is 6.54 Å². The molecule has 0 atom stereocenters. The fraction of sp³-hybridized carbons (Fsp3) is 0.385. The van der Waals surface area contributed by atoms with E-state index in [1.54, 1.807) is 0 Å². The number of rotatable bonds is 5. The van der Waals surface area contributed by atoms with Crippen molar-refractivity contribution in [2.24, 2.45) is 0 Å². The van der Waals surface area contributed by atoms with Crippen LogP contribution in [0.2, 0.25) is 0 Å². The lowest BCUT2D eigenvalue weighted by atomic mass is 10.0. The Labute approximate surface area is 100 Å². The standard InChI is InChI=1S/C13H15N3O/c1-2-4-12(10-5-6-10)11(3-1)7-14-8-13-15-9-17-16-13/h1-4,9-10,14H,5-8H2. The van der Waals surface area contributed by atoms with Crippen molar-refractivity contribution >= 4 is 0 Å². The van der Waals surface area contributed by atoms with Crippen LogP contribution in [0.25, 0.3) is 0 Å². The van der Waals surface area contributed by atoms with Gasteiger partial charge in [0.15, 0.2) is 5.82 Å². The zero-order valence-electron chi connectivity index (χ0n) is 9.60. The molecule has 17 heavy (non-hydrogen) atoms. The summed E-state index contributed by atoms with van der Waals surface area (Å²) in [7, 11) is 0. The smallest absolute Gasteiger partial charge is 0.213 e. The molecule has 0 saturated heterocycles. The Morgan fingerprint density at radius 3 is 2.88 bits per heavy atom. The summed E-state index contributed by atoms with van der Waals surface area (Å²) >= 11 is 0. The zero-order valence-corrected chi connectivity index (χ0v) is 9.60. The Bertz CT molecular complexity index is 477. The van der Waals surface area contributed by atoms with Gasteiger partial charge in [-0.3, -0.25) is 0 Å². The molecule has 4 nitrogen and oxygen atoms in total. The summed E-state index contributed by atoms with van der Waals surface area (Å²) in [6.45, 7) is 1.51. The molecule has 1 aromatic heterocycles. The maximum absolute atomic E-state index is 4.69. The van der Waals surface area contributed by atoms with E-state index in [1.807, 2.05) is 0 Å². The molecule has 1 heterocycles. The summed E-state index contributed by atoms with van der Waals surface area (Å²) < 4.78 is 4.69. The Kier molecular flexibility index (Phi) is 2.88. The highest BCUT2D eigenvalue weighted by molar-refractivity contribution is 5.33. The fourth-order valence-corrected chi connectivity index (χ4v) is 2.07. The van der Waals surface area contributed by atoms with Gasteiger partial charge in [-0.25, -0.2) is 0 Å². The van der Waals surface area contributed by atoms with Crippen LogP contribution < -0.4 is 5.32 Å². The van der Waals surface area contributed by atoms with Crippen LogP contribution in [0.1, 0.15) is 35.7 Å². The van der Waals surface area contributed by atoms with Gasteiger partial charge >= 0.3 is 0 Å². The molecule has 0 spiro atoms. The summed E-state index contributed by atoms with van der Waals surface area (Å²) in [6.07, 6.45) is 4.03. The van der Waals surface area contributed by atoms with E-state index in [0.717, 1.165) is 12.5 Å². The van der Waals surface area contributed by atoms with Crippen molar-refractivity contribution in [3.05, 3.63) is 47.6 Å². The third-order valence-corrected chi connectivity index (χ3v) is 3.08. The Hall–Kier alpha value is -1.68. The second kappa shape index (κ2) is 4.67. The average Bonchev–Trinajstić information content (AvgIpc) is 3.08. The number of aromatic nitrogens is 2. The van der Waals surface area contributed by atoms with Crippen LogP contribution in [0.5, 0.6) is 0 Å². The van der Waals surface area contributed by atoms with Crippen LogP contribution in [-0.2, 0) is 13.1 Å². The second-order valence-corrected chi connectivity index (χ2v) is 4.42. The highest BCUT2D eigenvalue weighted by atomic mass is 16.5. The number of nitrogens with zero attached hydrogens (tertiary/aromatic N) is 2. The molecule has 0 radical (unpaired) electrons. The van der Waals surface area contributed by atoms with E-state index in [1.165, 1.54) is 30.4 Å². The van der Waals surface area contributed by atoms with Crippen molar-refractivity contribution in [1.29, 1.82) is 0 Å². The molecule has 88 valence electrons. The monoisotopic (exact) mass is 229 g/mol. The summed E-state index contributed by atoms with van der Waals surface area (Å²) in [5, 5.41) is 7.11. The minimum atomic E-state index is 0.648. The maximum Gasteiger partial charge on any atom is 0.213 e. The molecular weight excluding hydrogens is 214 g/mol. The van der Waals surface area contributed by atoms with Gasteiger partial charge in [0.25, 0.3) is 0 Å². The van der Waals surface area contributed by atoms with Crippen LogP contribution in [-0.4, -0.2) is 10.1 Å². The van der Waals surface area contributed by atoms with Crippen LogP contribution in [0.3, 0.4) is 0 Å². The molecule has 0 amide bonds. The number of benzene rings is 1. The van der Waals surface area contributed by atoms with Crippen LogP contribution in [0.15, 0.2) is 35.2 Å². The predicted molar refractivity (Wildman–Crippen MR) is 63.3 cm³/mol. The molecule has 0 unspecified atom stereocenters. The lowest BCUT2D eigenvalue weighted by molar-refractivity contribution is 0.407. The van der Waals surface area contributed by atoms with Gasteiger partial charge in [-0.2, -0.15) is 4.98 Å². The normalized spacial score (nSPS) is 15.1. The maximum atomic E-state index is 4.69. The van der Waals surface area contributed by atoms with E-state index in [-0.39, 0.29) is 0 Å². The third kappa shape index (κ3) is 2.53. The Morgan fingerprint density at radius 2 is 2.12 bits per heavy atom. The summed E-state index contributed by atoms with van der Waals surface area (Å²) in [5.41, 5.74) is 2.88. The largest absolute Gasteiger partial charge is 0.343 e. The van der Waals surface area contributed by atoms with Crippen molar-refractivity contribution < 1.29 is 4.52 Å². The van der Waals surface area contributed by atoms with Crippen molar-refractivity contribution in [2.45, 2.75) is 31.8 Å². The predicted octanol–water partition coefficient (Wildman–Crippen LogP) is 2.24. The SMILES string of the molecule is c1ccc(C2CC2)c(CNCc2ncon2)c1. The molecule has 1 aliphatic rings. The van der Waals surface area contributed by atoms with E-state index < -0.39 is 0 Å². The Morgan fingerprint density at radius 1 is 1.24 bits per heavy atom. The molecule has 1 aliphatic carbocycles. The first-order valence-corrected chi connectivity index (χ1v) is 5.97. The topological polar surface area (TPSA) is 51.0 Å². The lowest BCUT2D eigenvalue weighted by Gasteiger charge is -2.08. The number of hydrogen-bond donors (Lipinski definition) is 1. The highest BCUT2D eigenvalue weighted by Crippen LogP contribution is 2.41. The van der Waals surface area contributed by atoms with Gasteiger partial charge in [0, 0.05) is 6.54 Å². The zero-order chi connectivity index (χ0) is 11.5. The van der Waals surface area contributed by atoms with Crippen LogP contribution in [0.4, 0.5) is 0 Å². The molecule has 0 aliphatic heterocycles. The Balaban J connectivity index is 1.61. The van der Waals surface area contributed by atoms with Gasteiger partial charge in [0.2, 0.25) is 6.39 Å². The fourth-order valence-electron chi connectivity index (χ4n) is 2.07. The van der Waals surface area contributed by atoms with Gasteiger partial charge < -0.3 is 9.84 Å². The quantitative estimate of drug-likeness (QED) is 0.854. The summed E-state index contributed by atoms with van der Waals surface area (Å²) in [6, 6.07) is 8.65. The molecular formula is C13H15N3O. The molecule has 1 fully saturated rings. The first-order chi connectivity index (χ1) is 8.43. The van der Waals surface area contributed by atoms with Crippen molar-refractivity contribution in [3.63, 3.8) is 0 Å². The van der Waals surface area contributed by atoms with Crippen molar-refractivity contribution in [1.82, 2.24) is 15.5 Å². The van der Waals surface area contributed by atoms with E-state index in [9.17, 15) is 0 Å². The number of nitrogens with one attached hydrogen (secondary N) is 1. The van der Waals surface area contributed by atoms with E-state index >= 15 is 0 Å². The molecule has 0 bridgehead atoms. The van der Waals surface area contributed by atoms with Crippen LogP contribution in [0, 0.1) is 0 Å². The second-order valence-electron chi connectivity index (χ2n) is 4.42. The van der Waals surface area contributed by atoms with E-state index in [2.05, 4.69) is 44.2 Å². The van der Waals surface area contributed by atoms with Gasteiger partial charge in [-0.15, -0.1) is 0 Å². The van der Waals surface area contributed by atoms with E-state index in [0.29, 0.717) is 12.4 Å². The van der Waals surface area contributed by atoms with E-state index in [4.69, 9.17) is 0 Å². The molecule has 1 N–H and O–H groups in total. The number of hydrogen-bond acceptors (Lipinski definition) is 4. The molecule has 4 heteroatoms. The minimum absolute atomic E-state index is 0.648. The highest BCUT2D eigenvalue weighted by Gasteiger charge is 2.25. The first kappa shape index (κ1) is 10.5. The van der Waals surface area contributed by atoms with Crippen molar-refractivity contribution in [3.8, 4) is 0 Å². The summed E-state index contributed by atoms with van der Waals surface area (Å²) in [4.78, 5) is 3.98. The summed E-state index contributed by atoms with van der Waals surface area (Å²) in [5.74, 6) is 1.49. The lowest BCUT2D eigenvalue weighted by Crippen LogP contribution is -2.14. The first-order valence-electron chi connectivity index (χ1n) is 5.97. The molecule has 1 aromatic carbocycles. The van der Waals surface area contributed by atoms with Gasteiger partial charge in [-0.05, 0) is 29.9 Å². The molecule has 3 rings (SSSR count). The van der Waals surface area contributed by atoms with Crippen LogP contribution >= 0.6 is 0 Å². The van der Waals surface area contributed by atoms with Gasteiger partial charge in [-0.1, -0.05) is 29.4 Å².